The second-order valence-corrected chi connectivity index (χ2v) is 6.48. The molecule has 124 valence electrons. The number of nitrogens with zero attached hydrogens (tertiary/aromatic N) is 4. The minimum atomic E-state index is 0.301. The molecule has 3 heterocycles. The number of imidazole rings is 1. The second kappa shape index (κ2) is 6.15. The van der Waals surface area contributed by atoms with E-state index in [1.54, 1.807) is 0 Å². The lowest BCUT2D eigenvalue weighted by Crippen LogP contribution is -2.26. The Morgan fingerprint density at radius 2 is 2.08 bits per heavy atom. The van der Waals surface area contributed by atoms with Crippen LogP contribution in [0.1, 0.15) is 19.3 Å². The predicted octanol–water partition coefficient (Wildman–Crippen LogP) is 3.05. The van der Waals surface area contributed by atoms with Crippen molar-refractivity contribution in [2.75, 3.05) is 13.1 Å². The first-order chi connectivity index (χ1) is 11.7. The van der Waals surface area contributed by atoms with Crippen molar-refractivity contribution in [3.05, 3.63) is 42.9 Å². The smallest absolute Gasteiger partial charge is 0.222 e. The number of likely N-dealkylation sites (tertiary alicyclic amines) is 1. The van der Waals surface area contributed by atoms with Crippen molar-refractivity contribution < 1.29 is 4.79 Å². The van der Waals surface area contributed by atoms with Crippen molar-refractivity contribution in [3.8, 4) is 11.4 Å². The molecule has 0 atom stereocenters. The van der Waals surface area contributed by atoms with Crippen molar-refractivity contribution in [1.29, 1.82) is 0 Å². The summed E-state index contributed by atoms with van der Waals surface area (Å²) >= 11 is 0. The molecule has 5 nitrogen and oxygen atoms in total. The van der Waals surface area contributed by atoms with E-state index >= 15 is 0 Å². The molecule has 3 aromatic rings. The molecule has 0 aliphatic carbocycles. The Hall–Kier alpha value is -2.56. The van der Waals surface area contributed by atoms with Crippen LogP contribution >= 0.6 is 0 Å². The molecule has 1 aromatic carbocycles. The van der Waals surface area contributed by atoms with E-state index in [1.165, 1.54) is 10.9 Å². The zero-order valence-corrected chi connectivity index (χ0v) is 14.0. The highest BCUT2D eigenvalue weighted by atomic mass is 16.2. The Bertz CT molecular complexity index is 877. The van der Waals surface area contributed by atoms with Crippen LogP contribution in [-0.4, -0.2) is 38.0 Å². The highest BCUT2D eigenvalue weighted by molar-refractivity contribution is 5.84. The molecule has 0 saturated carbocycles. The van der Waals surface area contributed by atoms with Crippen LogP contribution in [0.25, 0.3) is 22.3 Å². The maximum absolute atomic E-state index is 11.7. The maximum atomic E-state index is 11.7. The van der Waals surface area contributed by atoms with Gasteiger partial charge in [-0.05, 0) is 37.1 Å². The fourth-order valence-electron chi connectivity index (χ4n) is 3.54. The van der Waals surface area contributed by atoms with E-state index in [-0.39, 0.29) is 0 Å². The molecule has 1 saturated heterocycles. The lowest BCUT2D eigenvalue weighted by molar-refractivity contribution is -0.127. The third-order valence-electron chi connectivity index (χ3n) is 4.86. The molecule has 24 heavy (non-hydrogen) atoms. The van der Waals surface area contributed by atoms with E-state index in [9.17, 15) is 4.79 Å². The molecule has 1 aliphatic heterocycles. The lowest BCUT2D eigenvalue weighted by atomic mass is 10.1. The largest absolute Gasteiger partial charge is 0.351 e. The van der Waals surface area contributed by atoms with Crippen LogP contribution in [-0.2, 0) is 18.4 Å². The zero-order chi connectivity index (χ0) is 16.5. The molecule has 5 heteroatoms. The number of benzene rings is 1. The van der Waals surface area contributed by atoms with E-state index in [0.717, 1.165) is 43.9 Å². The Labute approximate surface area is 141 Å². The normalized spacial score (nSPS) is 14.9. The van der Waals surface area contributed by atoms with Gasteiger partial charge in [0.1, 0.15) is 5.82 Å². The third-order valence-corrected chi connectivity index (χ3v) is 4.86. The first-order valence-electron chi connectivity index (χ1n) is 8.57. The molecule has 0 unspecified atom stereocenters. The average molecular weight is 322 g/mol. The van der Waals surface area contributed by atoms with Gasteiger partial charge in [-0.25, -0.2) is 4.98 Å². The number of hydrogen-bond acceptors (Lipinski definition) is 2. The molecular formula is C19H22N4O. The van der Waals surface area contributed by atoms with Crippen LogP contribution in [0.3, 0.4) is 0 Å². The van der Waals surface area contributed by atoms with Gasteiger partial charge in [0.05, 0.1) is 0 Å². The van der Waals surface area contributed by atoms with E-state index in [2.05, 4.69) is 51.6 Å². The molecule has 0 bridgehead atoms. The van der Waals surface area contributed by atoms with Crippen LogP contribution in [0.5, 0.6) is 0 Å². The Morgan fingerprint density at radius 3 is 2.92 bits per heavy atom. The molecule has 0 spiro atoms. The number of aryl methyl sites for hydroxylation is 2. The predicted molar refractivity (Wildman–Crippen MR) is 94.6 cm³/mol. The van der Waals surface area contributed by atoms with Crippen molar-refractivity contribution in [2.45, 2.75) is 25.8 Å². The Balaban J connectivity index is 1.49. The number of fused-ring (bicyclic) bond motifs is 1. The van der Waals surface area contributed by atoms with Crippen LogP contribution in [0.4, 0.5) is 0 Å². The van der Waals surface area contributed by atoms with Crippen LogP contribution in [0, 0.1) is 0 Å². The molecular weight excluding hydrogens is 300 g/mol. The molecule has 4 rings (SSSR count). The Kier molecular flexibility index (Phi) is 3.84. The quantitative estimate of drug-likeness (QED) is 0.724. The first-order valence-corrected chi connectivity index (χ1v) is 8.57. The summed E-state index contributed by atoms with van der Waals surface area (Å²) in [5.41, 5.74) is 2.36. The second-order valence-electron chi connectivity index (χ2n) is 6.48. The van der Waals surface area contributed by atoms with E-state index in [0.29, 0.717) is 12.3 Å². The highest BCUT2D eigenvalue weighted by Crippen LogP contribution is 2.24. The van der Waals surface area contributed by atoms with Gasteiger partial charge in [-0.15, -0.1) is 0 Å². The minimum Gasteiger partial charge on any atom is -0.351 e. The molecule has 1 fully saturated rings. The molecule has 2 aromatic heterocycles. The number of hydrogen-bond donors (Lipinski definition) is 0. The van der Waals surface area contributed by atoms with E-state index in [4.69, 9.17) is 0 Å². The fraction of sp³-hybridized carbons (Fsp3) is 0.368. The van der Waals surface area contributed by atoms with Crippen LogP contribution in [0.15, 0.2) is 42.9 Å². The summed E-state index contributed by atoms with van der Waals surface area (Å²) in [6.45, 7) is 2.64. The zero-order valence-electron chi connectivity index (χ0n) is 14.0. The first kappa shape index (κ1) is 15.0. The van der Waals surface area contributed by atoms with Gasteiger partial charge >= 0.3 is 0 Å². The van der Waals surface area contributed by atoms with Gasteiger partial charge < -0.3 is 14.0 Å². The molecule has 1 aliphatic rings. The van der Waals surface area contributed by atoms with Crippen LogP contribution < -0.4 is 0 Å². The summed E-state index contributed by atoms with van der Waals surface area (Å²) in [6, 6.07) is 8.60. The standard InChI is InChI=1S/C19H22N4O/c1-21-12-7-15-14-16(5-6-17(15)21)19-20-8-13-23(19)11-3-10-22-9-2-4-18(22)24/h5-8,12-14H,2-4,9-11H2,1H3. The topological polar surface area (TPSA) is 43.1 Å². The number of amides is 1. The van der Waals surface area contributed by atoms with Crippen LogP contribution in [0.2, 0.25) is 0 Å². The fourth-order valence-corrected chi connectivity index (χ4v) is 3.54. The maximum Gasteiger partial charge on any atom is 0.222 e. The summed E-state index contributed by atoms with van der Waals surface area (Å²) in [5.74, 6) is 1.30. The van der Waals surface area contributed by atoms with Gasteiger partial charge in [0.15, 0.2) is 0 Å². The lowest BCUT2D eigenvalue weighted by Gasteiger charge is -2.16. The van der Waals surface area contributed by atoms with Crippen molar-refractivity contribution >= 4 is 16.8 Å². The number of carbonyl (C=O) groups is 1. The minimum absolute atomic E-state index is 0.301. The number of aromatic nitrogens is 3. The van der Waals surface area contributed by atoms with Crippen molar-refractivity contribution in [2.24, 2.45) is 7.05 Å². The van der Waals surface area contributed by atoms with Crippen molar-refractivity contribution in [1.82, 2.24) is 19.0 Å². The van der Waals surface area contributed by atoms with Gasteiger partial charge in [0.2, 0.25) is 5.91 Å². The molecule has 1 amide bonds. The van der Waals surface area contributed by atoms with E-state index in [1.807, 2.05) is 17.3 Å². The van der Waals surface area contributed by atoms with Gasteiger partial charge in [-0.1, -0.05) is 0 Å². The van der Waals surface area contributed by atoms with Crippen molar-refractivity contribution in [3.63, 3.8) is 0 Å². The summed E-state index contributed by atoms with van der Waals surface area (Å²) in [6.07, 6.45) is 8.64. The summed E-state index contributed by atoms with van der Waals surface area (Å²) in [4.78, 5) is 18.2. The van der Waals surface area contributed by atoms with Gasteiger partial charge in [-0.3, -0.25) is 4.79 Å². The summed E-state index contributed by atoms with van der Waals surface area (Å²) in [5, 5.41) is 1.23. The van der Waals surface area contributed by atoms with Gasteiger partial charge in [0.25, 0.3) is 0 Å². The third kappa shape index (κ3) is 2.70. The molecule has 0 radical (unpaired) electrons. The number of carbonyl (C=O) groups excluding carboxylic acids is 1. The highest BCUT2D eigenvalue weighted by Gasteiger charge is 2.19. The summed E-state index contributed by atoms with van der Waals surface area (Å²) in [7, 11) is 2.06. The SMILES string of the molecule is Cn1ccc2cc(-c3nccn3CCCN3CCCC3=O)ccc21. The monoisotopic (exact) mass is 322 g/mol. The van der Waals surface area contributed by atoms with E-state index < -0.39 is 0 Å². The average Bonchev–Trinajstić information content (AvgIpc) is 3.29. The Morgan fingerprint density at radius 1 is 1.17 bits per heavy atom. The van der Waals surface area contributed by atoms with Gasteiger partial charge in [0, 0.05) is 68.2 Å². The summed E-state index contributed by atoms with van der Waals surface area (Å²) < 4.78 is 4.31. The molecule has 0 N–H and O–H groups in total. The number of rotatable bonds is 5. The van der Waals surface area contributed by atoms with Gasteiger partial charge in [-0.2, -0.15) is 0 Å².